The van der Waals surface area contributed by atoms with Gasteiger partial charge in [0.05, 0.1) is 18.4 Å². The average molecular weight is 312 g/mol. The van der Waals surface area contributed by atoms with E-state index in [1.807, 2.05) is 0 Å². The van der Waals surface area contributed by atoms with Crippen LogP contribution in [0.4, 0.5) is 5.69 Å². The van der Waals surface area contributed by atoms with Crippen molar-refractivity contribution in [1.29, 1.82) is 5.26 Å². The number of benzene rings is 1. The van der Waals surface area contributed by atoms with E-state index >= 15 is 0 Å². The number of hydrogen-bond donors (Lipinski definition) is 2. The first kappa shape index (κ1) is 16.2. The Morgan fingerprint density at radius 3 is 2.83 bits per heavy atom. The van der Waals surface area contributed by atoms with E-state index in [1.165, 1.54) is 0 Å². The van der Waals surface area contributed by atoms with Gasteiger partial charge in [0, 0.05) is 11.3 Å². The van der Waals surface area contributed by atoms with Gasteiger partial charge in [-0.3, -0.25) is 4.79 Å². The van der Waals surface area contributed by atoms with Crippen LogP contribution in [0.3, 0.4) is 0 Å². The number of ether oxygens (including phenoxy) is 1. The zero-order valence-corrected chi connectivity index (χ0v) is 12.8. The van der Waals surface area contributed by atoms with Gasteiger partial charge in [0.15, 0.2) is 5.69 Å². The lowest BCUT2D eigenvalue weighted by molar-refractivity contribution is -0.115. The summed E-state index contributed by atoms with van der Waals surface area (Å²) in [7, 11) is 0. The molecule has 7 heteroatoms. The van der Waals surface area contributed by atoms with Gasteiger partial charge in [-0.05, 0) is 26.0 Å². The fourth-order valence-corrected chi connectivity index (χ4v) is 2.05. The molecule has 0 aliphatic heterocycles. The molecule has 0 fully saturated rings. The number of para-hydroxylation sites is 1. The summed E-state index contributed by atoms with van der Waals surface area (Å²) in [4.78, 5) is 30.8. The number of esters is 1. The standard InChI is InChI=1S/C16H16N4O3/c1-3-23-16(22)14-10(2)18-15(20-14)11-6-4-5-7-12(11)19-13(21)8-9-17/h4-7H,3,8H2,1-2H3,(H,18,20)(H,19,21). The molecule has 0 bridgehead atoms. The number of H-pyrrole nitrogens is 1. The number of nitrogens with one attached hydrogen (secondary N) is 2. The Labute approximate surface area is 133 Å². The molecule has 1 amide bonds. The summed E-state index contributed by atoms with van der Waals surface area (Å²) in [5, 5.41) is 11.2. The fourth-order valence-electron chi connectivity index (χ4n) is 2.05. The number of aryl methyl sites for hydroxylation is 1. The van der Waals surface area contributed by atoms with Crippen LogP contribution >= 0.6 is 0 Å². The van der Waals surface area contributed by atoms with Crippen molar-refractivity contribution in [3.05, 3.63) is 35.7 Å². The Morgan fingerprint density at radius 1 is 1.39 bits per heavy atom. The van der Waals surface area contributed by atoms with Crippen molar-refractivity contribution in [2.45, 2.75) is 20.3 Å². The van der Waals surface area contributed by atoms with E-state index in [0.29, 0.717) is 22.8 Å². The number of rotatable bonds is 5. The van der Waals surface area contributed by atoms with E-state index in [4.69, 9.17) is 10.00 Å². The van der Waals surface area contributed by atoms with Crippen LogP contribution in [0.25, 0.3) is 11.4 Å². The van der Waals surface area contributed by atoms with Crippen molar-refractivity contribution in [1.82, 2.24) is 9.97 Å². The average Bonchev–Trinajstić information content (AvgIpc) is 2.90. The van der Waals surface area contributed by atoms with Crippen molar-refractivity contribution >= 4 is 17.6 Å². The number of amides is 1. The lowest BCUT2D eigenvalue weighted by Gasteiger charge is -2.07. The van der Waals surface area contributed by atoms with Crippen LogP contribution in [-0.2, 0) is 9.53 Å². The van der Waals surface area contributed by atoms with Gasteiger partial charge in [-0.15, -0.1) is 0 Å². The molecule has 0 aliphatic carbocycles. The lowest BCUT2D eigenvalue weighted by Crippen LogP contribution is -2.11. The van der Waals surface area contributed by atoms with E-state index in [9.17, 15) is 9.59 Å². The van der Waals surface area contributed by atoms with Crippen LogP contribution < -0.4 is 5.32 Å². The summed E-state index contributed by atoms with van der Waals surface area (Å²) >= 11 is 0. The van der Waals surface area contributed by atoms with Gasteiger partial charge in [-0.1, -0.05) is 12.1 Å². The Hall–Kier alpha value is -3.14. The van der Waals surface area contributed by atoms with Crippen LogP contribution in [0.5, 0.6) is 0 Å². The smallest absolute Gasteiger partial charge is 0.358 e. The Bertz CT molecular complexity index is 774. The lowest BCUT2D eigenvalue weighted by atomic mass is 10.1. The van der Waals surface area contributed by atoms with Gasteiger partial charge in [-0.2, -0.15) is 5.26 Å². The molecule has 0 radical (unpaired) electrons. The SMILES string of the molecule is CCOC(=O)c1nc(-c2ccccc2NC(=O)CC#N)[nH]c1C. The van der Waals surface area contributed by atoms with Crippen LogP contribution in [0.15, 0.2) is 24.3 Å². The molecule has 1 aromatic carbocycles. The van der Waals surface area contributed by atoms with Crippen molar-refractivity contribution in [2.75, 3.05) is 11.9 Å². The number of hydrogen-bond acceptors (Lipinski definition) is 5. The number of aromatic amines is 1. The van der Waals surface area contributed by atoms with Crippen molar-refractivity contribution < 1.29 is 14.3 Å². The van der Waals surface area contributed by atoms with Gasteiger partial charge in [-0.25, -0.2) is 9.78 Å². The summed E-state index contributed by atoms with van der Waals surface area (Å²) in [5.41, 5.74) is 1.92. The van der Waals surface area contributed by atoms with Crippen LogP contribution in [0.2, 0.25) is 0 Å². The minimum Gasteiger partial charge on any atom is -0.461 e. The summed E-state index contributed by atoms with van der Waals surface area (Å²) in [6.07, 6.45) is -0.237. The summed E-state index contributed by atoms with van der Waals surface area (Å²) in [6, 6.07) is 8.80. The normalized spacial score (nSPS) is 9.96. The summed E-state index contributed by atoms with van der Waals surface area (Å²) in [6.45, 7) is 3.71. The zero-order chi connectivity index (χ0) is 16.8. The summed E-state index contributed by atoms with van der Waals surface area (Å²) < 4.78 is 4.96. The predicted octanol–water partition coefficient (Wildman–Crippen LogP) is 2.41. The molecule has 118 valence electrons. The third-order valence-electron chi connectivity index (χ3n) is 3.05. The molecular formula is C16H16N4O3. The molecule has 1 heterocycles. The molecule has 0 atom stereocenters. The first-order chi connectivity index (χ1) is 11.1. The van der Waals surface area contributed by atoms with E-state index in [0.717, 1.165) is 0 Å². The van der Waals surface area contributed by atoms with E-state index < -0.39 is 11.9 Å². The third-order valence-corrected chi connectivity index (χ3v) is 3.05. The predicted molar refractivity (Wildman–Crippen MR) is 83.6 cm³/mol. The fraction of sp³-hybridized carbons (Fsp3) is 0.250. The molecule has 2 aromatic rings. The monoisotopic (exact) mass is 312 g/mol. The third kappa shape index (κ3) is 3.74. The zero-order valence-electron chi connectivity index (χ0n) is 12.8. The largest absolute Gasteiger partial charge is 0.461 e. The van der Waals surface area contributed by atoms with Gasteiger partial charge in [0.25, 0.3) is 0 Å². The Kier molecular flexibility index (Phi) is 5.10. The molecule has 23 heavy (non-hydrogen) atoms. The highest BCUT2D eigenvalue weighted by atomic mass is 16.5. The molecule has 0 aliphatic rings. The van der Waals surface area contributed by atoms with Crippen LogP contribution in [0, 0.1) is 18.3 Å². The molecular weight excluding hydrogens is 296 g/mol. The summed E-state index contributed by atoms with van der Waals surface area (Å²) in [5.74, 6) is -0.467. The number of nitriles is 1. The van der Waals surface area contributed by atoms with Crippen molar-refractivity contribution in [3.8, 4) is 17.5 Å². The number of imidazole rings is 1. The van der Waals surface area contributed by atoms with Gasteiger partial charge >= 0.3 is 5.97 Å². The second kappa shape index (κ2) is 7.22. The highest BCUT2D eigenvalue weighted by Crippen LogP contribution is 2.26. The second-order valence-electron chi connectivity index (χ2n) is 4.71. The number of aromatic nitrogens is 2. The number of anilines is 1. The van der Waals surface area contributed by atoms with E-state index in [1.54, 1.807) is 44.2 Å². The van der Waals surface area contributed by atoms with Gasteiger partial charge in [0.1, 0.15) is 12.2 Å². The van der Waals surface area contributed by atoms with E-state index in [2.05, 4.69) is 15.3 Å². The molecule has 2 N–H and O–H groups in total. The molecule has 0 unspecified atom stereocenters. The van der Waals surface area contributed by atoms with Crippen LogP contribution in [-0.4, -0.2) is 28.5 Å². The van der Waals surface area contributed by atoms with Crippen LogP contribution in [0.1, 0.15) is 29.5 Å². The van der Waals surface area contributed by atoms with Gasteiger partial charge in [0.2, 0.25) is 5.91 Å². The molecule has 7 nitrogen and oxygen atoms in total. The highest BCUT2D eigenvalue weighted by molar-refractivity contribution is 5.96. The maximum atomic E-state index is 11.8. The maximum absolute atomic E-state index is 11.8. The first-order valence-electron chi connectivity index (χ1n) is 7.06. The number of carbonyl (C=O) groups is 2. The number of carbonyl (C=O) groups excluding carboxylic acids is 2. The van der Waals surface area contributed by atoms with Gasteiger partial charge < -0.3 is 15.0 Å². The molecule has 2 rings (SSSR count). The molecule has 0 saturated carbocycles. The number of nitrogens with zero attached hydrogens (tertiary/aromatic N) is 2. The molecule has 0 saturated heterocycles. The molecule has 0 spiro atoms. The van der Waals surface area contributed by atoms with E-state index in [-0.39, 0.29) is 18.7 Å². The minimum absolute atomic E-state index is 0.208. The minimum atomic E-state index is -0.501. The van der Waals surface area contributed by atoms with Crippen molar-refractivity contribution in [3.63, 3.8) is 0 Å². The van der Waals surface area contributed by atoms with Crippen molar-refractivity contribution in [2.24, 2.45) is 0 Å². The maximum Gasteiger partial charge on any atom is 0.358 e. The topological polar surface area (TPSA) is 108 Å². The first-order valence-corrected chi connectivity index (χ1v) is 7.06. The Morgan fingerprint density at radius 2 is 2.13 bits per heavy atom. The highest BCUT2D eigenvalue weighted by Gasteiger charge is 2.18. The second-order valence-corrected chi connectivity index (χ2v) is 4.71. The Balaban J connectivity index is 2.36. The quantitative estimate of drug-likeness (QED) is 0.824. The molecule has 1 aromatic heterocycles.